The van der Waals surface area contributed by atoms with Gasteiger partial charge in [-0.1, -0.05) is 0 Å². The number of hydrogen-bond donors (Lipinski definition) is 2. The van der Waals surface area contributed by atoms with Crippen molar-refractivity contribution in [1.82, 2.24) is 10.2 Å². The van der Waals surface area contributed by atoms with E-state index < -0.39 is 0 Å². The second-order valence-corrected chi connectivity index (χ2v) is 5.55. The molecule has 0 unspecified atom stereocenters. The SMILES string of the molecule is CCN(CC)C(=O)c1ccc(NC(=O)[C@H]2NCCO[C@@H]2C)cc1. The molecule has 6 heteroatoms. The summed E-state index contributed by atoms with van der Waals surface area (Å²) >= 11 is 0. The van der Waals surface area contributed by atoms with Crippen LogP contribution < -0.4 is 10.6 Å². The predicted octanol–water partition coefficient (Wildman–Crippen LogP) is 1.48. The fraction of sp³-hybridized carbons (Fsp3) is 0.529. The van der Waals surface area contributed by atoms with Crippen LogP contribution in [0.4, 0.5) is 5.69 Å². The molecular weight excluding hydrogens is 294 g/mol. The molecule has 1 aliphatic rings. The minimum absolute atomic E-state index is 0.00356. The van der Waals surface area contributed by atoms with Crippen LogP contribution in [0.1, 0.15) is 31.1 Å². The molecule has 2 rings (SSSR count). The molecule has 0 aromatic heterocycles. The number of carbonyl (C=O) groups excluding carboxylic acids is 2. The quantitative estimate of drug-likeness (QED) is 0.862. The molecule has 1 aromatic carbocycles. The summed E-state index contributed by atoms with van der Waals surface area (Å²) < 4.78 is 5.48. The third-order valence-electron chi connectivity index (χ3n) is 4.05. The van der Waals surface area contributed by atoms with Crippen molar-refractivity contribution in [2.75, 3.05) is 31.6 Å². The van der Waals surface area contributed by atoms with Crippen LogP contribution in [0.3, 0.4) is 0 Å². The second kappa shape index (κ2) is 8.08. The smallest absolute Gasteiger partial charge is 0.253 e. The lowest BCUT2D eigenvalue weighted by molar-refractivity contribution is -0.123. The van der Waals surface area contributed by atoms with Crippen LogP contribution in [0.25, 0.3) is 0 Å². The largest absolute Gasteiger partial charge is 0.375 e. The Hall–Kier alpha value is -1.92. The summed E-state index contributed by atoms with van der Waals surface area (Å²) in [6, 6.07) is 6.63. The van der Waals surface area contributed by atoms with E-state index in [-0.39, 0.29) is 24.0 Å². The number of amides is 2. The van der Waals surface area contributed by atoms with Crippen LogP contribution in [0.5, 0.6) is 0 Å². The van der Waals surface area contributed by atoms with Crippen molar-refractivity contribution >= 4 is 17.5 Å². The van der Waals surface area contributed by atoms with Gasteiger partial charge in [0.1, 0.15) is 6.04 Å². The van der Waals surface area contributed by atoms with Gasteiger partial charge in [-0.3, -0.25) is 9.59 Å². The number of nitrogens with one attached hydrogen (secondary N) is 2. The zero-order valence-corrected chi connectivity index (χ0v) is 14.0. The van der Waals surface area contributed by atoms with Crippen LogP contribution in [0, 0.1) is 0 Å². The molecule has 2 atom stereocenters. The number of ether oxygens (including phenoxy) is 1. The fourth-order valence-corrected chi connectivity index (χ4v) is 2.64. The monoisotopic (exact) mass is 319 g/mol. The highest BCUT2D eigenvalue weighted by molar-refractivity contribution is 5.97. The zero-order valence-electron chi connectivity index (χ0n) is 14.0. The average Bonchev–Trinajstić information content (AvgIpc) is 2.57. The number of benzene rings is 1. The van der Waals surface area contributed by atoms with Gasteiger partial charge in [0.15, 0.2) is 0 Å². The Bertz CT molecular complexity index is 541. The Morgan fingerprint density at radius 2 is 1.91 bits per heavy atom. The maximum Gasteiger partial charge on any atom is 0.253 e. The first-order valence-electron chi connectivity index (χ1n) is 8.12. The van der Waals surface area contributed by atoms with E-state index in [1.165, 1.54) is 0 Å². The van der Waals surface area contributed by atoms with E-state index in [0.717, 1.165) is 0 Å². The van der Waals surface area contributed by atoms with E-state index in [1.54, 1.807) is 29.2 Å². The number of hydrogen-bond acceptors (Lipinski definition) is 4. The first-order chi connectivity index (χ1) is 11.1. The Morgan fingerprint density at radius 1 is 1.26 bits per heavy atom. The molecule has 1 aromatic rings. The molecule has 6 nitrogen and oxygen atoms in total. The van der Waals surface area contributed by atoms with Crippen molar-refractivity contribution in [1.29, 1.82) is 0 Å². The van der Waals surface area contributed by atoms with Gasteiger partial charge in [-0.15, -0.1) is 0 Å². The lowest BCUT2D eigenvalue weighted by Crippen LogP contribution is -2.53. The van der Waals surface area contributed by atoms with Gasteiger partial charge in [-0.05, 0) is 45.0 Å². The second-order valence-electron chi connectivity index (χ2n) is 5.55. The molecule has 0 saturated carbocycles. The summed E-state index contributed by atoms with van der Waals surface area (Å²) in [7, 11) is 0. The molecule has 126 valence electrons. The molecule has 0 bridgehead atoms. The molecule has 2 amide bonds. The van der Waals surface area contributed by atoms with Crippen molar-refractivity contribution in [2.45, 2.75) is 32.9 Å². The molecule has 1 heterocycles. The third-order valence-corrected chi connectivity index (χ3v) is 4.05. The van der Waals surface area contributed by atoms with E-state index in [1.807, 2.05) is 20.8 Å². The average molecular weight is 319 g/mol. The van der Waals surface area contributed by atoms with Gasteiger partial charge in [-0.2, -0.15) is 0 Å². The van der Waals surface area contributed by atoms with Gasteiger partial charge in [0.2, 0.25) is 5.91 Å². The van der Waals surface area contributed by atoms with E-state index >= 15 is 0 Å². The lowest BCUT2D eigenvalue weighted by Gasteiger charge is -2.29. The minimum atomic E-state index is -0.360. The molecule has 0 radical (unpaired) electrons. The first kappa shape index (κ1) is 17.4. The Balaban J connectivity index is 1.99. The van der Waals surface area contributed by atoms with Gasteiger partial charge in [0.25, 0.3) is 5.91 Å². The topological polar surface area (TPSA) is 70.7 Å². The van der Waals surface area contributed by atoms with E-state index in [0.29, 0.717) is 37.5 Å². The van der Waals surface area contributed by atoms with Gasteiger partial charge in [0, 0.05) is 30.9 Å². The number of morpholine rings is 1. The van der Waals surface area contributed by atoms with E-state index in [4.69, 9.17) is 4.74 Å². The zero-order chi connectivity index (χ0) is 16.8. The number of rotatable bonds is 5. The summed E-state index contributed by atoms with van der Waals surface area (Å²) in [4.78, 5) is 26.3. The van der Waals surface area contributed by atoms with Crippen molar-refractivity contribution in [3.05, 3.63) is 29.8 Å². The van der Waals surface area contributed by atoms with Crippen LogP contribution >= 0.6 is 0 Å². The van der Waals surface area contributed by atoms with Crippen molar-refractivity contribution in [2.24, 2.45) is 0 Å². The maximum absolute atomic E-state index is 12.3. The van der Waals surface area contributed by atoms with Crippen molar-refractivity contribution in [3.8, 4) is 0 Å². The summed E-state index contributed by atoms with van der Waals surface area (Å²) in [6.45, 7) is 8.43. The van der Waals surface area contributed by atoms with Gasteiger partial charge in [-0.25, -0.2) is 0 Å². The first-order valence-corrected chi connectivity index (χ1v) is 8.12. The van der Waals surface area contributed by atoms with E-state index in [2.05, 4.69) is 10.6 Å². The third kappa shape index (κ3) is 4.30. The Labute approximate surface area is 137 Å². The number of carbonyl (C=O) groups is 2. The summed E-state index contributed by atoms with van der Waals surface area (Å²) in [5.41, 5.74) is 1.30. The maximum atomic E-state index is 12.3. The molecular formula is C17H25N3O3. The van der Waals surface area contributed by atoms with Crippen LogP contribution in [-0.2, 0) is 9.53 Å². The summed E-state index contributed by atoms with van der Waals surface area (Å²) in [6.07, 6.45) is -0.160. The fourth-order valence-electron chi connectivity index (χ4n) is 2.64. The summed E-state index contributed by atoms with van der Waals surface area (Å²) in [5.74, 6) is -0.121. The van der Waals surface area contributed by atoms with Crippen LogP contribution in [-0.4, -0.2) is 55.1 Å². The molecule has 1 fully saturated rings. The minimum Gasteiger partial charge on any atom is -0.375 e. The molecule has 2 N–H and O–H groups in total. The van der Waals surface area contributed by atoms with Crippen LogP contribution in [0.2, 0.25) is 0 Å². The molecule has 1 aliphatic heterocycles. The van der Waals surface area contributed by atoms with Crippen molar-refractivity contribution < 1.29 is 14.3 Å². The molecule has 23 heavy (non-hydrogen) atoms. The number of anilines is 1. The highest BCUT2D eigenvalue weighted by Crippen LogP contribution is 2.13. The standard InChI is InChI=1S/C17H25N3O3/c1-4-20(5-2)17(22)13-6-8-14(9-7-13)19-16(21)15-12(3)23-11-10-18-15/h6-9,12,15,18H,4-5,10-11H2,1-3H3,(H,19,21)/t12-,15+/m1/s1. The lowest BCUT2D eigenvalue weighted by atomic mass is 10.1. The highest BCUT2D eigenvalue weighted by Gasteiger charge is 2.28. The van der Waals surface area contributed by atoms with E-state index in [9.17, 15) is 9.59 Å². The molecule has 0 aliphatic carbocycles. The van der Waals surface area contributed by atoms with Crippen LogP contribution in [0.15, 0.2) is 24.3 Å². The van der Waals surface area contributed by atoms with Gasteiger partial charge in [0.05, 0.1) is 12.7 Å². The highest BCUT2D eigenvalue weighted by atomic mass is 16.5. The number of nitrogens with zero attached hydrogens (tertiary/aromatic N) is 1. The molecule has 1 saturated heterocycles. The molecule has 0 spiro atoms. The van der Waals surface area contributed by atoms with Crippen molar-refractivity contribution in [3.63, 3.8) is 0 Å². The van der Waals surface area contributed by atoms with Gasteiger partial charge < -0.3 is 20.3 Å². The Kier molecular flexibility index (Phi) is 6.12. The predicted molar refractivity (Wildman–Crippen MR) is 89.5 cm³/mol. The van der Waals surface area contributed by atoms with Gasteiger partial charge >= 0.3 is 0 Å². The normalized spacial score (nSPS) is 20.8. The Morgan fingerprint density at radius 3 is 2.48 bits per heavy atom. The summed E-state index contributed by atoms with van der Waals surface area (Å²) in [5, 5.41) is 6.01.